The van der Waals surface area contributed by atoms with Gasteiger partial charge in [-0.15, -0.1) is 5.10 Å². The number of hydrogen-bond acceptors (Lipinski definition) is 5. The summed E-state index contributed by atoms with van der Waals surface area (Å²) < 4.78 is 5.24. The molecular formula is C22H28N4O2. The Hall–Kier alpha value is -2.63. The smallest absolute Gasteiger partial charge is 0.254 e. The van der Waals surface area contributed by atoms with Crippen LogP contribution in [0.1, 0.15) is 36.8 Å². The Bertz CT molecular complexity index is 846. The fourth-order valence-corrected chi connectivity index (χ4v) is 4.18. The molecule has 148 valence electrons. The zero-order chi connectivity index (χ0) is 19.9. The van der Waals surface area contributed by atoms with Crippen molar-refractivity contribution in [2.24, 2.45) is 11.8 Å². The molecule has 6 heteroatoms. The first-order chi connectivity index (χ1) is 13.3. The van der Waals surface area contributed by atoms with Crippen LogP contribution in [-0.4, -0.2) is 54.3 Å². The van der Waals surface area contributed by atoms with Gasteiger partial charge in [-0.25, -0.2) is 0 Å². The first kappa shape index (κ1) is 18.7. The number of anilines is 1. The van der Waals surface area contributed by atoms with E-state index in [-0.39, 0.29) is 11.3 Å². The van der Waals surface area contributed by atoms with E-state index in [9.17, 15) is 4.79 Å². The summed E-state index contributed by atoms with van der Waals surface area (Å²) in [6, 6.07) is 11.6. The third kappa shape index (κ3) is 3.55. The molecule has 3 heterocycles. The van der Waals surface area contributed by atoms with Crippen molar-refractivity contribution in [2.45, 2.75) is 26.2 Å². The van der Waals surface area contributed by atoms with Gasteiger partial charge < -0.3 is 14.5 Å². The molecule has 0 N–H and O–H groups in total. The third-order valence-electron chi connectivity index (χ3n) is 5.83. The standard InChI is InChI=1S/C22H28N4O2/c1-22(2,3)19-8-9-20(24-23-19)25-11-16-13-26(14-17(16)12-25)21(27)15-6-5-7-18(10-15)28-4/h5-10,16-17H,11-14H2,1-4H3. The average Bonchev–Trinajstić information content (AvgIpc) is 3.26. The van der Waals surface area contributed by atoms with Gasteiger partial charge in [-0.3, -0.25) is 4.79 Å². The number of benzene rings is 1. The Balaban J connectivity index is 1.40. The Kier molecular flexibility index (Phi) is 4.73. The number of nitrogens with zero attached hydrogens (tertiary/aromatic N) is 4. The molecule has 2 saturated heterocycles. The van der Waals surface area contributed by atoms with Gasteiger partial charge in [0.05, 0.1) is 12.8 Å². The minimum absolute atomic E-state index is 0.00797. The largest absolute Gasteiger partial charge is 0.497 e. The highest BCUT2D eigenvalue weighted by Gasteiger charge is 2.42. The number of aromatic nitrogens is 2. The molecule has 1 amide bonds. The maximum Gasteiger partial charge on any atom is 0.254 e. The number of amides is 1. The van der Waals surface area contributed by atoms with Crippen molar-refractivity contribution < 1.29 is 9.53 Å². The van der Waals surface area contributed by atoms with E-state index >= 15 is 0 Å². The van der Waals surface area contributed by atoms with Gasteiger partial charge >= 0.3 is 0 Å². The number of fused-ring (bicyclic) bond motifs is 1. The molecule has 0 saturated carbocycles. The van der Waals surface area contributed by atoms with E-state index < -0.39 is 0 Å². The van der Waals surface area contributed by atoms with Crippen molar-refractivity contribution in [1.82, 2.24) is 15.1 Å². The van der Waals surface area contributed by atoms with Gasteiger partial charge in [-0.1, -0.05) is 26.8 Å². The summed E-state index contributed by atoms with van der Waals surface area (Å²) in [6.07, 6.45) is 0. The Morgan fingerprint density at radius 1 is 1.04 bits per heavy atom. The second-order valence-electron chi connectivity index (χ2n) is 8.89. The second kappa shape index (κ2) is 7.08. The Labute approximate surface area is 166 Å². The van der Waals surface area contributed by atoms with E-state index in [2.05, 4.69) is 48.0 Å². The van der Waals surface area contributed by atoms with E-state index in [0.717, 1.165) is 37.7 Å². The van der Waals surface area contributed by atoms with Gasteiger partial charge in [0.2, 0.25) is 0 Å². The number of hydrogen-bond donors (Lipinski definition) is 0. The van der Waals surface area contributed by atoms with Crippen LogP contribution in [0.15, 0.2) is 36.4 Å². The van der Waals surface area contributed by atoms with Crippen molar-refractivity contribution in [3.63, 3.8) is 0 Å². The Morgan fingerprint density at radius 3 is 2.32 bits per heavy atom. The maximum atomic E-state index is 12.9. The molecule has 2 atom stereocenters. The maximum absolute atomic E-state index is 12.9. The summed E-state index contributed by atoms with van der Waals surface area (Å²) in [5, 5.41) is 8.88. The summed E-state index contributed by atoms with van der Waals surface area (Å²) in [4.78, 5) is 17.2. The molecule has 2 aliphatic heterocycles. The molecular weight excluding hydrogens is 352 g/mol. The van der Waals surface area contributed by atoms with E-state index in [0.29, 0.717) is 23.1 Å². The van der Waals surface area contributed by atoms with Crippen molar-refractivity contribution >= 4 is 11.7 Å². The number of rotatable bonds is 3. The normalized spacial score (nSPS) is 21.7. The van der Waals surface area contributed by atoms with Crippen LogP contribution in [0.2, 0.25) is 0 Å². The lowest BCUT2D eigenvalue weighted by atomic mass is 9.92. The number of carbonyl (C=O) groups is 1. The van der Waals surface area contributed by atoms with Gasteiger partial charge in [-0.2, -0.15) is 5.10 Å². The van der Waals surface area contributed by atoms with E-state index in [4.69, 9.17) is 4.74 Å². The number of ether oxygens (including phenoxy) is 1. The predicted molar refractivity (Wildman–Crippen MR) is 109 cm³/mol. The SMILES string of the molecule is COc1cccc(C(=O)N2CC3CN(c4ccc(C(C)(C)C)nn4)CC3C2)c1. The first-order valence-electron chi connectivity index (χ1n) is 9.87. The highest BCUT2D eigenvalue weighted by Crippen LogP contribution is 2.34. The number of likely N-dealkylation sites (tertiary alicyclic amines) is 1. The van der Waals surface area contributed by atoms with E-state index in [1.54, 1.807) is 7.11 Å². The quantitative estimate of drug-likeness (QED) is 0.819. The van der Waals surface area contributed by atoms with E-state index in [1.807, 2.05) is 29.2 Å². The molecule has 6 nitrogen and oxygen atoms in total. The predicted octanol–water partition coefficient (Wildman–Crippen LogP) is 2.99. The molecule has 0 bridgehead atoms. The molecule has 0 spiro atoms. The summed E-state index contributed by atoms with van der Waals surface area (Å²) in [5.74, 6) is 2.72. The summed E-state index contributed by atoms with van der Waals surface area (Å²) >= 11 is 0. The topological polar surface area (TPSA) is 58.6 Å². The number of methoxy groups -OCH3 is 1. The number of carbonyl (C=O) groups excluding carboxylic acids is 1. The van der Waals surface area contributed by atoms with Crippen LogP contribution in [-0.2, 0) is 5.41 Å². The van der Waals surface area contributed by atoms with E-state index in [1.165, 1.54) is 0 Å². The third-order valence-corrected chi connectivity index (χ3v) is 5.83. The van der Waals surface area contributed by atoms with Crippen molar-refractivity contribution in [3.05, 3.63) is 47.7 Å². The monoisotopic (exact) mass is 380 g/mol. The van der Waals surface area contributed by atoms with Crippen LogP contribution in [0, 0.1) is 11.8 Å². The molecule has 28 heavy (non-hydrogen) atoms. The zero-order valence-corrected chi connectivity index (χ0v) is 17.1. The molecule has 2 aromatic rings. The fraction of sp³-hybridized carbons (Fsp3) is 0.500. The summed E-state index contributed by atoms with van der Waals surface area (Å²) in [5.41, 5.74) is 1.71. The van der Waals surface area contributed by atoms with Gasteiger partial charge in [0.25, 0.3) is 5.91 Å². The van der Waals surface area contributed by atoms with Crippen molar-refractivity contribution in [1.29, 1.82) is 0 Å². The van der Waals surface area contributed by atoms with Crippen LogP contribution in [0.4, 0.5) is 5.82 Å². The van der Waals surface area contributed by atoms with Gasteiger partial charge in [0, 0.05) is 49.0 Å². The first-order valence-corrected chi connectivity index (χ1v) is 9.87. The van der Waals surface area contributed by atoms with Gasteiger partial charge in [0.1, 0.15) is 5.75 Å². The lowest BCUT2D eigenvalue weighted by Crippen LogP contribution is -2.33. The van der Waals surface area contributed by atoms with Crippen LogP contribution < -0.4 is 9.64 Å². The molecule has 4 rings (SSSR count). The van der Waals surface area contributed by atoms with Crippen LogP contribution >= 0.6 is 0 Å². The molecule has 0 aliphatic carbocycles. The lowest BCUT2D eigenvalue weighted by molar-refractivity contribution is 0.0782. The van der Waals surface area contributed by atoms with Crippen LogP contribution in [0.5, 0.6) is 5.75 Å². The van der Waals surface area contributed by atoms with Crippen LogP contribution in [0.25, 0.3) is 0 Å². The molecule has 2 fully saturated rings. The Morgan fingerprint density at radius 2 is 1.75 bits per heavy atom. The van der Waals surface area contributed by atoms with Gasteiger partial charge in [0.15, 0.2) is 5.82 Å². The summed E-state index contributed by atoms with van der Waals surface area (Å²) in [6.45, 7) is 9.88. The van der Waals surface area contributed by atoms with Gasteiger partial charge in [-0.05, 0) is 30.3 Å². The highest BCUT2D eigenvalue weighted by molar-refractivity contribution is 5.94. The zero-order valence-electron chi connectivity index (χ0n) is 17.1. The fourth-order valence-electron chi connectivity index (χ4n) is 4.18. The average molecular weight is 380 g/mol. The minimum atomic E-state index is 0.00797. The van der Waals surface area contributed by atoms with Crippen molar-refractivity contribution in [3.8, 4) is 5.75 Å². The molecule has 1 aromatic heterocycles. The molecule has 0 radical (unpaired) electrons. The van der Waals surface area contributed by atoms with Crippen molar-refractivity contribution in [2.75, 3.05) is 38.2 Å². The minimum Gasteiger partial charge on any atom is -0.497 e. The highest BCUT2D eigenvalue weighted by atomic mass is 16.5. The molecule has 2 aliphatic rings. The lowest BCUT2D eigenvalue weighted by Gasteiger charge is -2.23. The summed E-state index contributed by atoms with van der Waals surface area (Å²) in [7, 11) is 1.62. The molecule has 2 unspecified atom stereocenters. The molecule has 1 aromatic carbocycles. The second-order valence-corrected chi connectivity index (χ2v) is 8.89. The van der Waals surface area contributed by atoms with Crippen LogP contribution in [0.3, 0.4) is 0 Å².